The van der Waals surface area contributed by atoms with Gasteiger partial charge in [0.05, 0.1) is 12.1 Å². The zero-order valence-corrected chi connectivity index (χ0v) is 18.1. The number of hydrogen-bond donors (Lipinski definition) is 8. The second-order valence-corrected chi connectivity index (χ2v) is 7.58. The van der Waals surface area contributed by atoms with E-state index in [1.165, 1.54) is 6.92 Å². The Balaban J connectivity index is 5.04. The standard InChI is InChI=1S/C18H35N7O6/c1-9(2)7-12(16(30)23-8-13(27)28)24-17(31)14(10(3)26)25-15(29)11(19)5-4-6-22-18(20)21/h9-12,14,26H,4-8,19H2,1-3H3,(H,23,30)(H,24,31)(H,25,29)(H,27,28)(H4,20,21,22). The van der Waals surface area contributed by atoms with Crippen molar-refractivity contribution in [3.05, 3.63) is 0 Å². The number of carboxylic acid groups (broad SMARTS) is 1. The molecule has 0 spiro atoms. The van der Waals surface area contributed by atoms with Gasteiger partial charge in [-0.25, -0.2) is 0 Å². The van der Waals surface area contributed by atoms with Crippen LogP contribution in [0.15, 0.2) is 4.99 Å². The first-order valence-corrected chi connectivity index (χ1v) is 9.94. The molecule has 0 saturated carbocycles. The third kappa shape index (κ3) is 12.4. The molecule has 11 N–H and O–H groups in total. The Bertz CT molecular complexity index is 649. The molecule has 3 amide bonds. The van der Waals surface area contributed by atoms with Crippen molar-refractivity contribution in [1.82, 2.24) is 16.0 Å². The summed E-state index contributed by atoms with van der Waals surface area (Å²) in [6, 6.07) is -3.37. The lowest BCUT2D eigenvalue weighted by molar-refractivity contribution is -0.139. The van der Waals surface area contributed by atoms with Gasteiger partial charge in [-0.15, -0.1) is 0 Å². The predicted molar refractivity (Wildman–Crippen MR) is 114 cm³/mol. The Morgan fingerprint density at radius 2 is 1.61 bits per heavy atom. The first-order chi connectivity index (χ1) is 14.3. The van der Waals surface area contributed by atoms with Crippen LogP contribution in [-0.2, 0) is 19.2 Å². The SMILES string of the molecule is CC(C)CC(NC(=O)C(NC(=O)C(N)CCCN=C(N)N)C(C)O)C(=O)NCC(=O)O. The van der Waals surface area contributed by atoms with Gasteiger partial charge in [-0.2, -0.15) is 0 Å². The lowest BCUT2D eigenvalue weighted by Crippen LogP contribution is -2.59. The van der Waals surface area contributed by atoms with E-state index in [1.54, 1.807) is 0 Å². The van der Waals surface area contributed by atoms with Gasteiger partial charge >= 0.3 is 5.97 Å². The van der Waals surface area contributed by atoms with Crippen molar-refractivity contribution in [3.8, 4) is 0 Å². The van der Waals surface area contributed by atoms with Crippen LogP contribution in [0.4, 0.5) is 0 Å². The number of aliphatic imine (C=N–C) groups is 1. The van der Waals surface area contributed by atoms with Gasteiger partial charge < -0.3 is 43.4 Å². The van der Waals surface area contributed by atoms with Gasteiger partial charge in [-0.3, -0.25) is 24.2 Å². The summed E-state index contributed by atoms with van der Waals surface area (Å²) in [5, 5.41) is 25.7. The molecule has 0 radical (unpaired) electrons. The van der Waals surface area contributed by atoms with E-state index in [0.717, 1.165) is 0 Å². The minimum Gasteiger partial charge on any atom is -0.480 e. The number of guanidine groups is 1. The Hall–Kier alpha value is -2.93. The Morgan fingerprint density at radius 1 is 1.00 bits per heavy atom. The van der Waals surface area contributed by atoms with Gasteiger partial charge in [0.1, 0.15) is 18.6 Å². The van der Waals surface area contributed by atoms with E-state index in [4.69, 9.17) is 22.3 Å². The number of aliphatic hydroxyl groups excluding tert-OH is 1. The van der Waals surface area contributed by atoms with Gasteiger partial charge in [0.15, 0.2) is 5.96 Å². The average Bonchev–Trinajstić information content (AvgIpc) is 2.65. The molecule has 4 atom stereocenters. The molecule has 13 nitrogen and oxygen atoms in total. The molecule has 178 valence electrons. The van der Waals surface area contributed by atoms with E-state index in [1.807, 2.05) is 13.8 Å². The molecule has 0 fully saturated rings. The number of aliphatic carboxylic acids is 1. The number of aliphatic hydroxyl groups is 1. The van der Waals surface area contributed by atoms with Crippen molar-refractivity contribution in [1.29, 1.82) is 0 Å². The summed E-state index contributed by atoms with van der Waals surface area (Å²) in [7, 11) is 0. The first kappa shape index (κ1) is 28.1. The van der Waals surface area contributed by atoms with Crippen LogP contribution in [0.2, 0.25) is 0 Å². The fourth-order valence-corrected chi connectivity index (χ4v) is 2.57. The Labute approximate surface area is 181 Å². The van der Waals surface area contributed by atoms with Crippen LogP contribution in [0.3, 0.4) is 0 Å². The number of rotatable bonds is 14. The number of carbonyl (C=O) groups is 4. The van der Waals surface area contributed by atoms with Crippen molar-refractivity contribution in [2.45, 2.75) is 64.3 Å². The van der Waals surface area contributed by atoms with Gasteiger partial charge in [0.2, 0.25) is 17.7 Å². The van der Waals surface area contributed by atoms with Crippen molar-refractivity contribution >= 4 is 29.7 Å². The maximum Gasteiger partial charge on any atom is 0.322 e. The minimum atomic E-state index is -1.36. The quantitative estimate of drug-likeness (QED) is 0.0769. The molecular weight excluding hydrogens is 410 g/mol. The van der Waals surface area contributed by atoms with Gasteiger partial charge in [0, 0.05) is 6.54 Å². The number of hydrogen-bond acceptors (Lipinski definition) is 7. The van der Waals surface area contributed by atoms with E-state index >= 15 is 0 Å². The highest BCUT2D eigenvalue weighted by atomic mass is 16.4. The zero-order valence-electron chi connectivity index (χ0n) is 18.1. The predicted octanol–water partition coefficient (Wildman–Crippen LogP) is -3.04. The summed E-state index contributed by atoms with van der Waals surface area (Å²) in [6.45, 7) is 4.62. The van der Waals surface area contributed by atoms with Crippen molar-refractivity contribution < 1.29 is 29.4 Å². The molecule has 0 bridgehead atoms. The zero-order chi connectivity index (χ0) is 24.1. The molecule has 13 heteroatoms. The first-order valence-electron chi connectivity index (χ1n) is 9.94. The smallest absolute Gasteiger partial charge is 0.322 e. The average molecular weight is 446 g/mol. The van der Waals surface area contributed by atoms with Crippen LogP contribution in [0, 0.1) is 5.92 Å². The summed E-state index contributed by atoms with van der Waals surface area (Å²) < 4.78 is 0. The van der Waals surface area contributed by atoms with Crippen LogP contribution in [-0.4, -0.2) is 77.2 Å². The maximum absolute atomic E-state index is 12.6. The second kappa shape index (κ2) is 14.1. The van der Waals surface area contributed by atoms with Gasteiger partial charge in [-0.1, -0.05) is 13.8 Å². The molecule has 0 aliphatic rings. The third-order valence-electron chi connectivity index (χ3n) is 4.12. The normalized spacial score (nSPS) is 14.6. The second-order valence-electron chi connectivity index (χ2n) is 7.58. The molecule has 0 heterocycles. The number of nitrogens with zero attached hydrogens (tertiary/aromatic N) is 1. The highest BCUT2D eigenvalue weighted by Gasteiger charge is 2.31. The third-order valence-corrected chi connectivity index (χ3v) is 4.12. The van der Waals surface area contributed by atoms with Gasteiger partial charge in [0.25, 0.3) is 0 Å². The molecule has 0 rings (SSSR count). The van der Waals surface area contributed by atoms with Crippen LogP contribution in [0.25, 0.3) is 0 Å². The molecule has 31 heavy (non-hydrogen) atoms. The number of carbonyl (C=O) groups excluding carboxylic acids is 3. The van der Waals surface area contributed by atoms with E-state index in [0.29, 0.717) is 6.42 Å². The van der Waals surface area contributed by atoms with Crippen molar-refractivity contribution in [2.75, 3.05) is 13.1 Å². The largest absolute Gasteiger partial charge is 0.480 e. The summed E-state index contributed by atoms with van der Waals surface area (Å²) in [5.41, 5.74) is 16.2. The summed E-state index contributed by atoms with van der Waals surface area (Å²) >= 11 is 0. The molecule has 4 unspecified atom stereocenters. The molecule has 0 aromatic carbocycles. The topological polar surface area (TPSA) is 235 Å². The highest BCUT2D eigenvalue weighted by Crippen LogP contribution is 2.07. The van der Waals surface area contributed by atoms with E-state index in [2.05, 4.69) is 20.9 Å². The van der Waals surface area contributed by atoms with Crippen LogP contribution in [0.1, 0.15) is 40.0 Å². The summed E-state index contributed by atoms with van der Waals surface area (Å²) in [6.07, 6.45) is -0.385. The number of carboxylic acids is 1. The number of amides is 3. The lowest BCUT2D eigenvalue weighted by Gasteiger charge is -2.26. The fraction of sp³-hybridized carbons (Fsp3) is 0.722. The van der Waals surface area contributed by atoms with E-state index < -0.39 is 54.5 Å². The van der Waals surface area contributed by atoms with E-state index in [-0.39, 0.29) is 31.3 Å². The lowest BCUT2D eigenvalue weighted by atomic mass is 10.0. The molecule has 0 aliphatic heterocycles. The van der Waals surface area contributed by atoms with Crippen LogP contribution in [0.5, 0.6) is 0 Å². The molecule has 0 aromatic heterocycles. The molecule has 0 aliphatic carbocycles. The number of nitrogens with one attached hydrogen (secondary N) is 3. The van der Waals surface area contributed by atoms with Crippen LogP contribution >= 0.6 is 0 Å². The van der Waals surface area contributed by atoms with Crippen molar-refractivity contribution in [3.63, 3.8) is 0 Å². The van der Waals surface area contributed by atoms with Crippen molar-refractivity contribution in [2.24, 2.45) is 28.1 Å². The molecule has 0 saturated heterocycles. The maximum atomic E-state index is 12.6. The van der Waals surface area contributed by atoms with Gasteiger partial charge in [-0.05, 0) is 32.1 Å². The monoisotopic (exact) mass is 445 g/mol. The number of nitrogens with two attached hydrogens (primary N) is 3. The Morgan fingerprint density at radius 3 is 2.10 bits per heavy atom. The summed E-state index contributed by atoms with van der Waals surface area (Å²) in [5.74, 6) is -3.46. The summed E-state index contributed by atoms with van der Waals surface area (Å²) in [4.78, 5) is 51.6. The molecular formula is C18H35N7O6. The fourth-order valence-electron chi connectivity index (χ4n) is 2.57. The van der Waals surface area contributed by atoms with Crippen LogP contribution < -0.4 is 33.2 Å². The highest BCUT2D eigenvalue weighted by molar-refractivity contribution is 5.94. The molecule has 0 aromatic rings. The minimum absolute atomic E-state index is 0.000826. The Kier molecular flexibility index (Phi) is 12.8. The van der Waals surface area contributed by atoms with E-state index in [9.17, 15) is 24.3 Å².